The zero-order valence-corrected chi connectivity index (χ0v) is 84.0. The van der Waals surface area contributed by atoms with Gasteiger partial charge >= 0.3 is 23.9 Å². The Hall–Kier alpha value is -5.25. The summed E-state index contributed by atoms with van der Waals surface area (Å²) in [6.07, 6.45) is 71.1. The van der Waals surface area contributed by atoms with Gasteiger partial charge in [-0.2, -0.15) is 0 Å². The molecule has 21 unspecified atom stereocenters. The number of hydrogen-bond donors (Lipinski definition) is 0. The summed E-state index contributed by atoms with van der Waals surface area (Å²) in [6, 6.07) is 31.9. The highest BCUT2D eigenvalue weighted by Crippen LogP contribution is 2.59. The van der Waals surface area contributed by atoms with Gasteiger partial charge in [-0.05, 0) is 305 Å². The minimum absolute atomic E-state index is 0.0408. The molecule has 8 bridgehead atoms. The summed E-state index contributed by atoms with van der Waals surface area (Å²) in [5.74, 6) is 18.4. The number of esters is 4. The molecule has 0 N–H and O–H groups in total. The SMILES string of the molecule is C1=CC2C3CCC(C3)C2C1.C1=CC2C3CCC(C3)C2C1.C1=CC2C3CCC(C3)C2C1.C1=CC2C3CCC(C3)C2C1.CCC(C)(C)C(=O)OC.CCC(C)c1ccccc1.CCC(C)c1ccccc1.CCC(C)c1ccccc1.CCCCCCCCCCCCCCCCCCOC(=O)C(C)(C)CC.CCCl.CCOC.COC(=O)C(C)C(C)C(=O)OC. The second-order valence-electron chi connectivity index (χ2n) is 40.0. The van der Waals surface area contributed by atoms with Crippen LogP contribution in [0.2, 0.25) is 0 Å². The van der Waals surface area contributed by atoms with E-state index in [0.29, 0.717) is 24.4 Å². The molecule has 8 fully saturated rings. The number of ether oxygens (including phenoxy) is 5. The first-order chi connectivity index (χ1) is 59.8. The van der Waals surface area contributed by atoms with Crippen LogP contribution in [0, 0.1) is 117 Å². The summed E-state index contributed by atoms with van der Waals surface area (Å²) in [6.45, 7) is 35.9. The average Bonchev–Trinajstić information content (AvgIpc) is 1.64. The molecule has 0 aliphatic heterocycles. The molecule has 0 radical (unpaired) electrons. The molecule has 3 aromatic rings. The van der Waals surface area contributed by atoms with Crippen molar-refractivity contribution in [1.29, 1.82) is 0 Å². The van der Waals surface area contributed by atoms with Gasteiger partial charge in [-0.3, -0.25) is 19.2 Å². The number of methoxy groups -OCH3 is 4. The zero-order valence-electron chi connectivity index (χ0n) is 83.2. The monoisotopic (exact) mass is 1740 g/mol. The molecule has 10 heteroatoms. The van der Waals surface area contributed by atoms with Crippen molar-refractivity contribution < 1.29 is 42.9 Å². The quantitative estimate of drug-likeness (QED) is 0.0204. The summed E-state index contributed by atoms with van der Waals surface area (Å²) >= 11 is 5.00. The Labute approximate surface area is 767 Å². The van der Waals surface area contributed by atoms with Crippen LogP contribution in [0.15, 0.2) is 140 Å². The van der Waals surface area contributed by atoms with Gasteiger partial charge in [0, 0.05) is 19.6 Å². The second kappa shape index (κ2) is 63.7. The van der Waals surface area contributed by atoms with Gasteiger partial charge in [-0.25, -0.2) is 0 Å². The van der Waals surface area contributed by atoms with Crippen LogP contribution in [-0.2, 0) is 42.9 Å². The maximum Gasteiger partial charge on any atom is 0.311 e. The van der Waals surface area contributed by atoms with Gasteiger partial charge < -0.3 is 23.7 Å². The van der Waals surface area contributed by atoms with Crippen LogP contribution >= 0.6 is 11.6 Å². The zero-order chi connectivity index (χ0) is 91.2. The van der Waals surface area contributed by atoms with Crippen LogP contribution in [0.1, 0.15) is 390 Å². The Bertz CT molecular complexity index is 3060. The molecule has 0 spiro atoms. The third kappa shape index (κ3) is 38.8. The van der Waals surface area contributed by atoms with E-state index in [1.807, 2.05) is 55.4 Å². The average molecular weight is 1740 g/mol. The molecular formula is C114H187ClO9. The summed E-state index contributed by atoms with van der Waals surface area (Å²) in [5.41, 5.74) is 3.71. The number of hydrogen-bond acceptors (Lipinski definition) is 9. The van der Waals surface area contributed by atoms with E-state index in [1.54, 1.807) is 72.3 Å². The van der Waals surface area contributed by atoms with Crippen LogP contribution in [0.5, 0.6) is 0 Å². The summed E-state index contributed by atoms with van der Waals surface area (Å²) < 4.78 is 23.4. The van der Waals surface area contributed by atoms with Crippen LogP contribution < -0.4 is 0 Å². The molecule has 0 aromatic heterocycles. The van der Waals surface area contributed by atoms with Crippen LogP contribution in [0.3, 0.4) is 0 Å². The summed E-state index contributed by atoms with van der Waals surface area (Å²) in [4.78, 5) is 44.6. The van der Waals surface area contributed by atoms with Crippen molar-refractivity contribution in [1.82, 2.24) is 0 Å². The molecule has 12 aliphatic carbocycles. The maximum absolute atomic E-state index is 11.8. The molecule has 3 aromatic carbocycles. The molecule has 9 nitrogen and oxygen atoms in total. The topological polar surface area (TPSA) is 114 Å². The first-order valence-electron chi connectivity index (χ1n) is 51.1. The van der Waals surface area contributed by atoms with Crippen LogP contribution in [-0.4, -0.2) is 71.4 Å². The van der Waals surface area contributed by atoms with E-state index in [2.05, 4.69) is 207 Å². The number of carbonyl (C=O) groups is 4. The van der Waals surface area contributed by atoms with E-state index in [4.69, 9.17) is 16.3 Å². The van der Waals surface area contributed by atoms with Gasteiger partial charge in [0.15, 0.2) is 0 Å². The van der Waals surface area contributed by atoms with Crippen molar-refractivity contribution in [2.75, 3.05) is 47.5 Å². The van der Waals surface area contributed by atoms with Gasteiger partial charge in [0.1, 0.15) is 0 Å². The minimum atomic E-state index is -0.456. The predicted octanol–water partition coefficient (Wildman–Crippen LogP) is 32.4. The lowest BCUT2D eigenvalue weighted by atomic mass is 9.82. The number of allylic oxidation sites excluding steroid dienone is 8. The number of unbranched alkanes of at least 4 members (excludes halogenated alkanes) is 15. The highest BCUT2D eigenvalue weighted by Gasteiger charge is 2.50. The van der Waals surface area contributed by atoms with Gasteiger partial charge in [0.25, 0.3) is 0 Å². The lowest BCUT2D eigenvalue weighted by Gasteiger charge is -2.23. The Morgan fingerprint density at radius 3 is 0.806 bits per heavy atom. The Morgan fingerprint density at radius 2 is 0.597 bits per heavy atom. The van der Waals surface area contributed by atoms with Gasteiger partial charge in [-0.15, -0.1) is 11.6 Å². The fourth-order valence-corrected chi connectivity index (χ4v) is 21.4. The van der Waals surface area contributed by atoms with Crippen molar-refractivity contribution >= 4 is 35.5 Å². The normalized spacial score (nSPS) is 26.3. The summed E-state index contributed by atoms with van der Waals surface area (Å²) in [7, 11) is 5.69. The van der Waals surface area contributed by atoms with E-state index >= 15 is 0 Å². The number of halogens is 1. The molecule has 8 saturated carbocycles. The van der Waals surface area contributed by atoms with Crippen molar-refractivity contribution in [3.05, 3.63) is 156 Å². The second-order valence-corrected chi connectivity index (χ2v) is 40.5. The first kappa shape index (κ1) is 111. The van der Waals surface area contributed by atoms with Crippen molar-refractivity contribution in [2.24, 2.45) is 117 Å². The fourth-order valence-electron chi connectivity index (χ4n) is 21.4. The molecule has 704 valence electrons. The van der Waals surface area contributed by atoms with Crippen molar-refractivity contribution in [3.63, 3.8) is 0 Å². The lowest BCUT2D eigenvalue weighted by Crippen LogP contribution is -2.27. The molecule has 124 heavy (non-hydrogen) atoms. The highest BCUT2D eigenvalue weighted by atomic mass is 35.5. The van der Waals surface area contributed by atoms with Crippen LogP contribution in [0.4, 0.5) is 0 Å². The molecule has 0 amide bonds. The first-order valence-corrected chi connectivity index (χ1v) is 51.6. The Morgan fingerprint density at radius 1 is 0.355 bits per heavy atom. The van der Waals surface area contributed by atoms with Crippen LogP contribution in [0.25, 0.3) is 0 Å². The standard InChI is InChI=1S/C24H48O2.7C10H14.C8H14O4.C7H14O2.C3H8O.C2H5Cl/c1-5-7-8-9-10-11-12-13-14-15-16-17-18-19-20-21-22-26-23(25)24(3,4)6-2;4*1-2-9-7-4-5-8(6-7)10(9)3-1;3*1-3-9(2)10-7-5-4-6-8-10;1-5(7(9)11-3)6(2)8(10)12-4;1-5-7(2,3)6(8)9-4;1-3-4-2;1-2-3/h5-22H2,1-4H3;4*1-2,7-10H,3-6H2;3*4-9H,3H2,1-2H3;5-6H,1-4H3;5H2,1-4H3;3H2,1-2H3;2H2,1H3. The molecule has 0 saturated heterocycles. The third-order valence-electron chi connectivity index (χ3n) is 31.1. The van der Waals surface area contributed by atoms with E-state index in [0.717, 1.165) is 126 Å². The van der Waals surface area contributed by atoms with Crippen molar-refractivity contribution in [2.45, 2.75) is 373 Å². The number of carbonyl (C=O) groups excluding carboxylic acids is 4. The molecule has 12 aliphatic rings. The number of rotatable bonds is 31. The van der Waals surface area contributed by atoms with E-state index < -0.39 is 23.8 Å². The van der Waals surface area contributed by atoms with E-state index in [-0.39, 0.29) is 22.8 Å². The Kier molecular flexibility index (Phi) is 57.0. The number of fused-ring (bicyclic) bond motifs is 20. The predicted molar refractivity (Wildman–Crippen MR) is 529 cm³/mol. The van der Waals surface area contributed by atoms with E-state index in [9.17, 15) is 19.2 Å². The Balaban J connectivity index is 0.000000292. The highest BCUT2D eigenvalue weighted by molar-refractivity contribution is 6.17. The fraction of sp³-hybridized carbons (Fsp3) is 0.737. The molecule has 15 rings (SSSR count). The van der Waals surface area contributed by atoms with Gasteiger partial charge in [0.2, 0.25) is 0 Å². The number of benzene rings is 3. The number of alkyl halides is 1. The third-order valence-corrected chi connectivity index (χ3v) is 31.1. The minimum Gasteiger partial charge on any atom is -0.469 e. The largest absolute Gasteiger partial charge is 0.469 e. The van der Waals surface area contributed by atoms with Gasteiger partial charge in [0.05, 0.1) is 50.6 Å². The molecule has 21 atom stereocenters. The van der Waals surface area contributed by atoms with Gasteiger partial charge in [-0.1, -0.05) is 319 Å². The van der Waals surface area contributed by atoms with Crippen molar-refractivity contribution in [3.8, 4) is 0 Å². The lowest BCUT2D eigenvalue weighted by molar-refractivity contribution is -0.156. The smallest absolute Gasteiger partial charge is 0.311 e. The molecule has 0 heterocycles. The van der Waals surface area contributed by atoms with E-state index in [1.165, 1.54) is 205 Å². The summed E-state index contributed by atoms with van der Waals surface area (Å²) in [5, 5.41) is 0. The maximum atomic E-state index is 11.8. The molecular weight excluding hydrogens is 1550 g/mol.